The van der Waals surface area contributed by atoms with Crippen LogP contribution in [0.2, 0.25) is 0 Å². The van der Waals surface area contributed by atoms with E-state index in [0.717, 1.165) is 43.2 Å². The molecule has 0 saturated heterocycles. The third kappa shape index (κ3) is 6.41. The highest BCUT2D eigenvalue weighted by atomic mass is 19.1. The number of unbranched alkanes of at least 4 members (excludes halogenated alkanes) is 4. The van der Waals surface area contributed by atoms with Gasteiger partial charge in [0.2, 0.25) is 5.90 Å². The standard InChI is InChI=1S/C34H43F4NO/c1-4-5-6-7-8-9-21-10-11-23-15-24(13-12-22(23)14-21)25-16-27(35)31(28(36)17-25)26-18-29(37)32(30(38)19-26)33-39-34(2,3)20-40-33/h16-19,21-24H,4-15,20H2,1-3H3. The van der Waals surface area contributed by atoms with E-state index < -0.39 is 39.9 Å². The highest BCUT2D eigenvalue weighted by Gasteiger charge is 2.36. The molecule has 0 spiro atoms. The van der Waals surface area contributed by atoms with Gasteiger partial charge in [-0.25, -0.2) is 22.6 Å². The first-order valence-electron chi connectivity index (χ1n) is 15.4. The lowest BCUT2D eigenvalue weighted by atomic mass is 9.63. The predicted octanol–water partition coefficient (Wildman–Crippen LogP) is 10.1. The van der Waals surface area contributed by atoms with Crippen molar-refractivity contribution in [3.05, 3.63) is 58.7 Å². The molecule has 5 rings (SSSR count). The summed E-state index contributed by atoms with van der Waals surface area (Å²) in [6.07, 6.45) is 14.8. The molecule has 0 radical (unpaired) electrons. The smallest absolute Gasteiger partial charge is 0.222 e. The van der Waals surface area contributed by atoms with E-state index in [-0.39, 0.29) is 24.0 Å². The molecule has 4 unspecified atom stereocenters. The van der Waals surface area contributed by atoms with Gasteiger partial charge in [-0.3, -0.25) is 0 Å². The van der Waals surface area contributed by atoms with Gasteiger partial charge in [0.25, 0.3) is 0 Å². The molecule has 2 aromatic carbocycles. The van der Waals surface area contributed by atoms with Crippen molar-refractivity contribution in [2.24, 2.45) is 22.7 Å². The second-order valence-corrected chi connectivity index (χ2v) is 13.1. The van der Waals surface area contributed by atoms with Gasteiger partial charge in [-0.15, -0.1) is 0 Å². The molecule has 0 bridgehead atoms. The first-order chi connectivity index (χ1) is 19.1. The van der Waals surface area contributed by atoms with Gasteiger partial charge in [-0.05, 0) is 105 Å². The summed E-state index contributed by atoms with van der Waals surface area (Å²) in [4.78, 5) is 4.23. The van der Waals surface area contributed by atoms with Crippen LogP contribution in [0.15, 0.2) is 29.3 Å². The molecule has 1 heterocycles. The Labute approximate surface area is 236 Å². The maximum atomic E-state index is 15.4. The normalized spacial score (nSPS) is 25.8. The molecule has 0 amide bonds. The molecule has 0 aromatic heterocycles. The number of aliphatic imine (C=N–C) groups is 1. The molecule has 2 aliphatic carbocycles. The van der Waals surface area contributed by atoms with Crippen LogP contribution in [0.1, 0.15) is 115 Å². The lowest BCUT2D eigenvalue weighted by molar-refractivity contribution is 0.113. The van der Waals surface area contributed by atoms with Crippen LogP contribution >= 0.6 is 0 Å². The summed E-state index contributed by atoms with van der Waals surface area (Å²) in [6.45, 7) is 6.05. The molecule has 6 heteroatoms. The molecule has 40 heavy (non-hydrogen) atoms. The van der Waals surface area contributed by atoms with Gasteiger partial charge >= 0.3 is 0 Å². The summed E-state index contributed by atoms with van der Waals surface area (Å²) in [7, 11) is 0. The molecular formula is C34H43F4NO. The Kier molecular flexibility index (Phi) is 8.92. The largest absolute Gasteiger partial charge is 0.475 e. The van der Waals surface area contributed by atoms with Crippen LogP contribution in [0.3, 0.4) is 0 Å². The molecule has 218 valence electrons. The maximum Gasteiger partial charge on any atom is 0.222 e. The summed E-state index contributed by atoms with van der Waals surface area (Å²) in [5.74, 6) is -1.32. The fourth-order valence-corrected chi connectivity index (χ4v) is 7.33. The van der Waals surface area contributed by atoms with Crippen molar-refractivity contribution in [3.63, 3.8) is 0 Å². The number of ether oxygens (including phenoxy) is 1. The molecule has 2 nitrogen and oxygen atoms in total. The zero-order valence-electron chi connectivity index (χ0n) is 24.2. The highest BCUT2D eigenvalue weighted by molar-refractivity contribution is 5.96. The zero-order valence-corrected chi connectivity index (χ0v) is 24.2. The zero-order chi connectivity index (χ0) is 28.4. The number of fused-ring (bicyclic) bond motifs is 1. The van der Waals surface area contributed by atoms with E-state index in [1.165, 1.54) is 69.9 Å². The minimum Gasteiger partial charge on any atom is -0.475 e. The molecule has 1 aliphatic heterocycles. The number of halogens is 4. The Hall–Kier alpha value is -2.37. The monoisotopic (exact) mass is 557 g/mol. The number of hydrogen-bond acceptors (Lipinski definition) is 2. The van der Waals surface area contributed by atoms with Gasteiger partial charge in [0.05, 0.1) is 11.1 Å². The summed E-state index contributed by atoms with van der Waals surface area (Å²) < 4.78 is 66.1. The second-order valence-electron chi connectivity index (χ2n) is 13.1. The molecule has 2 aromatic rings. The summed E-state index contributed by atoms with van der Waals surface area (Å²) in [5.41, 5.74) is -0.919. The van der Waals surface area contributed by atoms with E-state index in [0.29, 0.717) is 11.5 Å². The highest BCUT2D eigenvalue weighted by Crippen LogP contribution is 2.49. The summed E-state index contributed by atoms with van der Waals surface area (Å²) in [6, 6.07) is 4.68. The Balaban J connectivity index is 1.26. The Morgan fingerprint density at radius 3 is 2.05 bits per heavy atom. The fourth-order valence-electron chi connectivity index (χ4n) is 7.33. The van der Waals surface area contributed by atoms with Crippen LogP contribution in [0.5, 0.6) is 0 Å². The third-order valence-corrected chi connectivity index (χ3v) is 9.48. The minimum absolute atomic E-state index is 0.113. The Morgan fingerprint density at radius 2 is 1.40 bits per heavy atom. The van der Waals surface area contributed by atoms with E-state index >= 15 is 8.78 Å². The summed E-state index contributed by atoms with van der Waals surface area (Å²) in [5, 5.41) is 0. The number of nitrogens with zero attached hydrogens (tertiary/aromatic N) is 1. The van der Waals surface area contributed by atoms with Crippen LogP contribution in [0.4, 0.5) is 17.6 Å². The number of benzene rings is 2. The first-order valence-corrected chi connectivity index (χ1v) is 15.4. The predicted molar refractivity (Wildman–Crippen MR) is 153 cm³/mol. The molecule has 0 N–H and O–H groups in total. The SMILES string of the molecule is CCCCCCCC1CCC2CC(c3cc(F)c(-c4cc(F)c(C5=NC(C)(C)CO5)c(F)c4)c(F)c3)CCC2C1. The van der Waals surface area contributed by atoms with E-state index in [9.17, 15) is 8.78 Å². The average Bonchev–Trinajstić information content (AvgIpc) is 3.26. The molecule has 2 fully saturated rings. The van der Waals surface area contributed by atoms with Crippen molar-refractivity contribution in [2.75, 3.05) is 6.61 Å². The molecule has 4 atom stereocenters. The van der Waals surface area contributed by atoms with Crippen molar-refractivity contribution in [1.82, 2.24) is 0 Å². The van der Waals surface area contributed by atoms with Crippen LogP contribution in [0.25, 0.3) is 11.1 Å². The van der Waals surface area contributed by atoms with E-state index in [1.54, 1.807) is 13.8 Å². The Morgan fingerprint density at radius 1 is 0.775 bits per heavy atom. The number of rotatable bonds is 9. The van der Waals surface area contributed by atoms with Crippen molar-refractivity contribution >= 4 is 5.90 Å². The quantitative estimate of drug-likeness (QED) is 0.222. The van der Waals surface area contributed by atoms with Crippen LogP contribution in [0, 0.1) is 41.0 Å². The van der Waals surface area contributed by atoms with Crippen molar-refractivity contribution < 1.29 is 22.3 Å². The minimum atomic E-state index is -0.954. The van der Waals surface area contributed by atoms with Gasteiger partial charge in [0.15, 0.2) is 0 Å². The molecule has 2 saturated carbocycles. The van der Waals surface area contributed by atoms with Crippen molar-refractivity contribution in [2.45, 2.75) is 109 Å². The van der Waals surface area contributed by atoms with Crippen LogP contribution in [-0.4, -0.2) is 18.0 Å². The van der Waals surface area contributed by atoms with Gasteiger partial charge < -0.3 is 4.74 Å². The van der Waals surface area contributed by atoms with Crippen LogP contribution < -0.4 is 0 Å². The van der Waals surface area contributed by atoms with Crippen molar-refractivity contribution in [3.8, 4) is 11.1 Å². The maximum absolute atomic E-state index is 15.4. The Bertz CT molecular complexity index is 1190. The van der Waals surface area contributed by atoms with E-state index in [1.807, 2.05) is 0 Å². The van der Waals surface area contributed by atoms with Gasteiger partial charge in [0, 0.05) is 0 Å². The first kappa shape index (κ1) is 29.1. The van der Waals surface area contributed by atoms with Gasteiger partial charge in [-0.1, -0.05) is 51.9 Å². The lowest BCUT2D eigenvalue weighted by Crippen LogP contribution is -2.30. The number of hydrogen-bond donors (Lipinski definition) is 0. The van der Waals surface area contributed by atoms with Gasteiger partial charge in [0.1, 0.15) is 35.4 Å². The molecule has 3 aliphatic rings. The fraction of sp³-hybridized carbons (Fsp3) is 0.618. The third-order valence-electron chi connectivity index (χ3n) is 9.48. The summed E-state index contributed by atoms with van der Waals surface area (Å²) >= 11 is 0. The second kappa shape index (κ2) is 12.2. The van der Waals surface area contributed by atoms with E-state index in [4.69, 9.17) is 4.74 Å². The van der Waals surface area contributed by atoms with Crippen molar-refractivity contribution in [1.29, 1.82) is 0 Å². The molecular weight excluding hydrogens is 514 g/mol. The lowest BCUT2D eigenvalue weighted by Gasteiger charge is -2.42. The van der Waals surface area contributed by atoms with E-state index in [2.05, 4.69) is 11.9 Å². The van der Waals surface area contributed by atoms with Crippen LogP contribution in [-0.2, 0) is 4.74 Å². The van der Waals surface area contributed by atoms with Gasteiger partial charge in [-0.2, -0.15) is 0 Å². The average molecular weight is 558 g/mol. The topological polar surface area (TPSA) is 21.6 Å².